The third kappa shape index (κ3) is 2.42. The van der Waals surface area contributed by atoms with Crippen LogP contribution in [0.5, 0.6) is 0 Å². The summed E-state index contributed by atoms with van der Waals surface area (Å²) in [6, 6.07) is 10.4. The molecule has 1 N–H and O–H groups in total. The zero-order valence-corrected chi connectivity index (χ0v) is 12.8. The average Bonchev–Trinajstić information content (AvgIpc) is 3.03. The number of benzene rings is 2. The van der Waals surface area contributed by atoms with Crippen molar-refractivity contribution in [2.45, 2.75) is 19.3 Å². The van der Waals surface area contributed by atoms with Crippen LogP contribution in [0.2, 0.25) is 0 Å². The maximum Gasteiger partial charge on any atom is 0.256 e. The molecule has 5 heteroatoms. The van der Waals surface area contributed by atoms with Crippen molar-refractivity contribution in [2.75, 3.05) is 5.32 Å². The summed E-state index contributed by atoms with van der Waals surface area (Å²) in [7, 11) is 0. The van der Waals surface area contributed by atoms with Crippen LogP contribution < -0.4 is 5.32 Å². The number of para-hydroxylation sites is 1. The van der Waals surface area contributed by atoms with Crippen molar-refractivity contribution in [1.82, 2.24) is 4.98 Å². The highest BCUT2D eigenvalue weighted by Crippen LogP contribution is 2.30. The number of nitrogens with zero attached hydrogens (tertiary/aromatic N) is 1. The van der Waals surface area contributed by atoms with Gasteiger partial charge in [-0.2, -0.15) is 0 Å². The van der Waals surface area contributed by atoms with Crippen LogP contribution in [0.25, 0.3) is 10.9 Å². The van der Waals surface area contributed by atoms with Gasteiger partial charge in [-0.15, -0.1) is 0 Å². The number of hydrogen-bond acceptors (Lipinski definition) is 2. The number of carbonyl (C=O) groups is 1. The SMILES string of the molecule is O=C(Nc1cc(F)ccc1F)c1c2c(nc3ccccc13)CCC2. The molecule has 1 aliphatic rings. The number of halogens is 2. The van der Waals surface area contributed by atoms with Gasteiger partial charge in [0.15, 0.2) is 0 Å². The van der Waals surface area contributed by atoms with Crippen molar-refractivity contribution >= 4 is 22.5 Å². The van der Waals surface area contributed by atoms with E-state index in [1.165, 1.54) is 0 Å². The standard InChI is InChI=1S/C19H14F2N2O/c20-11-8-9-14(21)17(10-11)23-19(24)18-12-4-1-2-6-15(12)22-16-7-3-5-13(16)18/h1-2,4,6,8-10H,3,5,7H2,(H,23,24). The molecule has 3 nitrogen and oxygen atoms in total. The predicted molar refractivity (Wildman–Crippen MR) is 88.1 cm³/mol. The van der Waals surface area contributed by atoms with Crippen LogP contribution in [-0.4, -0.2) is 10.9 Å². The molecule has 1 aromatic heterocycles. The van der Waals surface area contributed by atoms with E-state index in [0.29, 0.717) is 5.56 Å². The molecule has 4 rings (SSSR count). The zero-order chi connectivity index (χ0) is 16.7. The molecule has 1 aliphatic carbocycles. The lowest BCUT2D eigenvalue weighted by atomic mass is 10.0. The Balaban J connectivity index is 1.84. The molecule has 24 heavy (non-hydrogen) atoms. The van der Waals surface area contributed by atoms with Crippen LogP contribution in [0.4, 0.5) is 14.5 Å². The van der Waals surface area contributed by atoms with Crippen molar-refractivity contribution in [3.05, 3.63) is 70.9 Å². The lowest BCUT2D eigenvalue weighted by Gasteiger charge is -2.13. The second-order valence-corrected chi connectivity index (χ2v) is 5.86. The molecule has 120 valence electrons. The lowest BCUT2D eigenvalue weighted by Crippen LogP contribution is -2.16. The van der Waals surface area contributed by atoms with E-state index in [2.05, 4.69) is 10.3 Å². The highest BCUT2D eigenvalue weighted by atomic mass is 19.1. The summed E-state index contributed by atoms with van der Waals surface area (Å²) < 4.78 is 27.2. The van der Waals surface area contributed by atoms with Crippen LogP contribution in [0.15, 0.2) is 42.5 Å². The summed E-state index contributed by atoms with van der Waals surface area (Å²) in [4.78, 5) is 17.4. The van der Waals surface area contributed by atoms with Crippen molar-refractivity contribution in [1.29, 1.82) is 0 Å². The highest BCUT2D eigenvalue weighted by molar-refractivity contribution is 6.13. The highest BCUT2D eigenvalue weighted by Gasteiger charge is 2.24. The Labute approximate surface area is 137 Å². The van der Waals surface area contributed by atoms with Gasteiger partial charge < -0.3 is 5.32 Å². The molecular formula is C19H14F2N2O. The fourth-order valence-corrected chi connectivity index (χ4v) is 3.25. The lowest BCUT2D eigenvalue weighted by molar-refractivity contribution is 0.102. The Morgan fingerprint density at radius 2 is 1.92 bits per heavy atom. The van der Waals surface area contributed by atoms with Gasteiger partial charge in [-0.05, 0) is 43.0 Å². The molecule has 0 atom stereocenters. The van der Waals surface area contributed by atoms with Gasteiger partial charge in [0.25, 0.3) is 5.91 Å². The molecule has 0 spiro atoms. The van der Waals surface area contributed by atoms with Gasteiger partial charge in [-0.25, -0.2) is 8.78 Å². The Bertz CT molecular complexity index is 969. The number of aryl methyl sites for hydroxylation is 1. The fourth-order valence-electron chi connectivity index (χ4n) is 3.25. The molecule has 1 amide bonds. The summed E-state index contributed by atoms with van der Waals surface area (Å²) in [6.07, 6.45) is 2.53. The Hall–Kier alpha value is -2.82. The van der Waals surface area contributed by atoms with E-state index in [9.17, 15) is 13.6 Å². The first-order valence-electron chi connectivity index (χ1n) is 7.80. The maximum absolute atomic E-state index is 13.8. The molecule has 2 aromatic carbocycles. The summed E-state index contributed by atoms with van der Waals surface area (Å²) in [5, 5.41) is 3.24. The van der Waals surface area contributed by atoms with E-state index in [1.54, 1.807) is 0 Å². The van der Waals surface area contributed by atoms with E-state index in [4.69, 9.17) is 0 Å². The van der Waals surface area contributed by atoms with Gasteiger partial charge in [-0.3, -0.25) is 9.78 Å². The summed E-state index contributed by atoms with van der Waals surface area (Å²) >= 11 is 0. The van der Waals surface area contributed by atoms with Crippen molar-refractivity contribution in [2.24, 2.45) is 0 Å². The number of amides is 1. The van der Waals surface area contributed by atoms with E-state index >= 15 is 0 Å². The first-order valence-corrected chi connectivity index (χ1v) is 7.80. The second-order valence-electron chi connectivity index (χ2n) is 5.86. The van der Waals surface area contributed by atoms with Gasteiger partial charge in [0.2, 0.25) is 0 Å². The van der Waals surface area contributed by atoms with Crippen LogP contribution in [0.3, 0.4) is 0 Å². The molecule has 1 heterocycles. The first kappa shape index (κ1) is 14.8. The number of aromatic nitrogens is 1. The number of rotatable bonds is 2. The van der Waals surface area contributed by atoms with E-state index in [0.717, 1.165) is 59.6 Å². The van der Waals surface area contributed by atoms with E-state index in [-0.39, 0.29) is 5.69 Å². The van der Waals surface area contributed by atoms with E-state index < -0.39 is 17.5 Å². The topological polar surface area (TPSA) is 42.0 Å². The Morgan fingerprint density at radius 1 is 1.08 bits per heavy atom. The average molecular weight is 324 g/mol. The largest absolute Gasteiger partial charge is 0.319 e. The van der Waals surface area contributed by atoms with Crippen molar-refractivity contribution in [3.63, 3.8) is 0 Å². The molecule has 0 saturated heterocycles. The van der Waals surface area contributed by atoms with Crippen LogP contribution >= 0.6 is 0 Å². The minimum absolute atomic E-state index is 0.160. The molecule has 0 unspecified atom stereocenters. The normalized spacial score (nSPS) is 13.1. The third-order valence-corrected chi connectivity index (χ3v) is 4.32. The van der Waals surface area contributed by atoms with Gasteiger partial charge in [0.05, 0.1) is 16.8 Å². The molecule has 0 fully saturated rings. The molecule has 0 saturated carbocycles. The monoisotopic (exact) mass is 324 g/mol. The zero-order valence-electron chi connectivity index (χ0n) is 12.8. The predicted octanol–water partition coefficient (Wildman–Crippen LogP) is 4.25. The van der Waals surface area contributed by atoms with Gasteiger partial charge in [-0.1, -0.05) is 18.2 Å². The summed E-state index contributed by atoms with van der Waals surface area (Å²) in [6.45, 7) is 0. The van der Waals surface area contributed by atoms with Gasteiger partial charge in [0, 0.05) is 17.1 Å². The number of hydrogen-bond donors (Lipinski definition) is 1. The number of anilines is 1. The fraction of sp³-hybridized carbons (Fsp3) is 0.158. The first-order chi connectivity index (χ1) is 11.6. The number of pyridine rings is 1. The quantitative estimate of drug-likeness (QED) is 0.765. The second kappa shape index (κ2) is 5.67. The summed E-state index contributed by atoms with van der Waals surface area (Å²) in [5.74, 6) is -1.70. The number of fused-ring (bicyclic) bond motifs is 2. The molecule has 0 bridgehead atoms. The number of nitrogens with one attached hydrogen (secondary N) is 1. The van der Waals surface area contributed by atoms with Crippen molar-refractivity contribution < 1.29 is 13.6 Å². The Kier molecular flexibility index (Phi) is 3.49. The smallest absolute Gasteiger partial charge is 0.256 e. The minimum Gasteiger partial charge on any atom is -0.319 e. The molecule has 0 radical (unpaired) electrons. The molecular weight excluding hydrogens is 310 g/mol. The molecule has 0 aliphatic heterocycles. The van der Waals surface area contributed by atoms with Crippen molar-refractivity contribution in [3.8, 4) is 0 Å². The summed E-state index contributed by atoms with van der Waals surface area (Å²) in [5.41, 5.74) is 2.91. The maximum atomic E-state index is 13.8. The number of carbonyl (C=O) groups excluding carboxylic acids is 1. The van der Waals surface area contributed by atoms with E-state index in [1.807, 2.05) is 24.3 Å². The minimum atomic E-state index is -0.667. The molecule has 3 aromatic rings. The van der Waals surface area contributed by atoms with Crippen LogP contribution in [0, 0.1) is 11.6 Å². The van der Waals surface area contributed by atoms with Crippen LogP contribution in [0.1, 0.15) is 28.0 Å². The van der Waals surface area contributed by atoms with Gasteiger partial charge in [0.1, 0.15) is 11.6 Å². The Morgan fingerprint density at radius 3 is 2.79 bits per heavy atom. The van der Waals surface area contributed by atoms with Gasteiger partial charge >= 0.3 is 0 Å². The third-order valence-electron chi connectivity index (χ3n) is 4.32. The van der Waals surface area contributed by atoms with Crippen LogP contribution in [-0.2, 0) is 12.8 Å².